The van der Waals surface area contributed by atoms with Crippen LogP contribution in [0.1, 0.15) is 38.4 Å². The van der Waals surface area contributed by atoms with Crippen LogP contribution in [0.5, 0.6) is 0 Å². The van der Waals surface area contributed by atoms with E-state index in [0.29, 0.717) is 47.7 Å². The van der Waals surface area contributed by atoms with Crippen LogP contribution in [-0.2, 0) is 11.3 Å². The van der Waals surface area contributed by atoms with Crippen LogP contribution >= 0.6 is 0 Å². The van der Waals surface area contributed by atoms with Gasteiger partial charge in [0.25, 0.3) is 11.8 Å². The van der Waals surface area contributed by atoms with Crippen molar-refractivity contribution in [1.82, 2.24) is 19.9 Å². The zero-order valence-electron chi connectivity index (χ0n) is 15.9. The molecule has 5 rings (SSSR count). The summed E-state index contributed by atoms with van der Waals surface area (Å²) in [4.78, 5) is 26.2. The van der Waals surface area contributed by atoms with Crippen LogP contribution in [0.2, 0.25) is 0 Å². The van der Waals surface area contributed by atoms with E-state index in [1.54, 1.807) is 42.6 Å². The molecule has 150 valence electrons. The molecule has 0 radical (unpaired) electrons. The monoisotopic (exact) mass is 404 g/mol. The molecule has 30 heavy (non-hydrogen) atoms. The summed E-state index contributed by atoms with van der Waals surface area (Å²) in [5.41, 5.74) is 3.18. The van der Waals surface area contributed by atoms with Crippen LogP contribution < -0.4 is 0 Å². The molecule has 2 aliphatic rings. The van der Waals surface area contributed by atoms with Crippen LogP contribution in [0.4, 0.5) is 4.39 Å². The molecule has 2 aromatic carbocycles. The average Bonchev–Trinajstić information content (AvgIpc) is 3.34. The van der Waals surface area contributed by atoms with Crippen LogP contribution in [0, 0.1) is 5.82 Å². The molecule has 0 aliphatic carbocycles. The van der Waals surface area contributed by atoms with Crippen molar-refractivity contribution >= 4 is 17.4 Å². The lowest BCUT2D eigenvalue weighted by Gasteiger charge is -2.14. The molecular formula is C22H17FN4O3. The summed E-state index contributed by atoms with van der Waals surface area (Å²) >= 11 is 0. The lowest BCUT2D eigenvalue weighted by atomic mass is 10.0. The van der Waals surface area contributed by atoms with Crippen LogP contribution in [0.25, 0.3) is 11.3 Å². The number of amides is 2. The van der Waals surface area contributed by atoms with Crippen molar-refractivity contribution in [2.24, 2.45) is 0 Å². The topological polar surface area (TPSA) is 77.3 Å². The number of imide groups is 1. The Balaban J connectivity index is 1.36. The SMILES string of the molecule is O=C1c2ccccc2C(=O)N1Cc1cn(-c2ccc(C3=CCOCC3)c(F)c2)nn1. The van der Waals surface area contributed by atoms with Gasteiger partial charge in [0.1, 0.15) is 11.5 Å². The number of hydrogen-bond acceptors (Lipinski definition) is 5. The first-order valence-electron chi connectivity index (χ1n) is 9.55. The van der Waals surface area contributed by atoms with Crippen molar-refractivity contribution in [3.8, 4) is 5.69 Å². The molecule has 3 aromatic rings. The summed E-state index contributed by atoms with van der Waals surface area (Å²) < 4.78 is 21.4. The first kappa shape index (κ1) is 18.4. The summed E-state index contributed by atoms with van der Waals surface area (Å²) in [6.45, 7) is 1.07. The Morgan fingerprint density at radius 2 is 1.80 bits per heavy atom. The van der Waals surface area contributed by atoms with E-state index in [4.69, 9.17) is 4.74 Å². The molecule has 2 aliphatic heterocycles. The van der Waals surface area contributed by atoms with Gasteiger partial charge in [-0.25, -0.2) is 9.07 Å². The minimum atomic E-state index is -0.356. The molecule has 0 saturated carbocycles. The zero-order chi connectivity index (χ0) is 20.7. The quantitative estimate of drug-likeness (QED) is 0.625. The molecule has 2 amide bonds. The molecular weight excluding hydrogens is 387 g/mol. The number of aromatic nitrogens is 3. The third-order valence-electron chi connectivity index (χ3n) is 5.27. The van der Waals surface area contributed by atoms with Crippen molar-refractivity contribution in [3.05, 3.63) is 82.9 Å². The first-order chi connectivity index (χ1) is 14.6. The molecule has 0 N–H and O–H groups in total. The molecule has 7 nitrogen and oxygen atoms in total. The van der Waals surface area contributed by atoms with Gasteiger partial charge in [0.2, 0.25) is 0 Å². The molecule has 8 heteroatoms. The van der Waals surface area contributed by atoms with Crippen molar-refractivity contribution < 1.29 is 18.7 Å². The third kappa shape index (κ3) is 3.11. The number of rotatable bonds is 4. The van der Waals surface area contributed by atoms with E-state index in [9.17, 15) is 14.0 Å². The summed E-state index contributed by atoms with van der Waals surface area (Å²) in [6.07, 6.45) is 4.15. The fraction of sp³-hybridized carbons (Fsp3) is 0.182. The van der Waals surface area contributed by atoms with Gasteiger partial charge in [-0.1, -0.05) is 23.4 Å². The van der Waals surface area contributed by atoms with E-state index in [1.165, 1.54) is 10.7 Å². The van der Waals surface area contributed by atoms with E-state index in [-0.39, 0.29) is 24.2 Å². The second kappa shape index (κ2) is 7.31. The average molecular weight is 404 g/mol. The number of halogens is 1. The van der Waals surface area contributed by atoms with Gasteiger partial charge >= 0.3 is 0 Å². The number of carbonyl (C=O) groups is 2. The van der Waals surface area contributed by atoms with Gasteiger partial charge in [0.15, 0.2) is 0 Å². The lowest BCUT2D eigenvalue weighted by molar-refractivity contribution is 0.0640. The predicted octanol–water partition coefficient (Wildman–Crippen LogP) is 3.01. The Morgan fingerprint density at radius 3 is 2.47 bits per heavy atom. The van der Waals surface area contributed by atoms with Gasteiger partial charge in [-0.3, -0.25) is 14.5 Å². The van der Waals surface area contributed by atoms with Crippen LogP contribution in [0.3, 0.4) is 0 Å². The molecule has 0 saturated heterocycles. The highest BCUT2D eigenvalue weighted by atomic mass is 19.1. The van der Waals surface area contributed by atoms with Gasteiger partial charge < -0.3 is 4.74 Å². The Hall–Kier alpha value is -3.65. The number of fused-ring (bicyclic) bond motifs is 1. The number of nitrogens with zero attached hydrogens (tertiary/aromatic N) is 4. The van der Waals surface area contributed by atoms with Crippen molar-refractivity contribution in [2.75, 3.05) is 13.2 Å². The van der Waals surface area contributed by atoms with E-state index in [0.717, 1.165) is 10.5 Å². The fourth-order valence-electron chi connectivity index (χ4n) is 3.72. The maximum atomic E-state index is 14.7. The molecule has 3 heterocycles. The van der Waals surface area contributed by atoms with Gasteiger partial charge in [0.05, 0.1) is 42.8 Å². The van der Waals surface area contributed by atoms with Crippen molar-refractivity contribution in [2.45, 2.75) is 13.0 Å². The number of benzene rings is 2. The van der Waals surface area contributed by atoms with Crippen molar-refractivity contribution in [3.63, 3.8) is 0 Å². The Morgan fingerprint density at radius 1 is 1.03 bits per heavy atom. The zero-order valence-corrected chi connectivity index (χ0v) is 15.9. The normalized spacial score (nSPS) is 16.0. The van der Waals surface area contributed by atoms with E-state index in [2.05, 4.69) is 10.3 Å². The number of carbonyl (C=O) groups excluding carboxylic acids is 2. The van der Waals surface area contributed by atoms with Gasteiger partial charge in [-0.15, -0.1) is 5.10 Å². The first-order valence-corrected chi connectivity index (χ1v) is 9.55. The lowest BCUT2D eigenvalue weighted by Crippen LogP contribution is -2.29. The standard InChI is InChI=1S/C22H17FN4O3/c23-20-11-16(5-6-17(20)14-7-9-30-10-8-14)27-13-15(24-25-27)12-26-21(28)18-3-1-2-4-19(18)22(26)29/h1-7,11,13H,8-10,12H2. The minimum Gasteiger partial charge on any atom is -0.377 e. The van der Waals surface area contributed by atoms with E-state index in [1.807, 2.05) is 6.08 Å². The third-order valence-corrected chi connectivity index (χ3v) is 5.27. The molecule has 0 unspecified atom stereocenters. The van der Waals surface area contributed by atoms with Gasteiger partial charge in [-0.2, -0.15) is 0 Å². The number of ether oxygens (including phenoxy) is 1. The Labute approximate surface area is 171 Å². The highest BCUT2D eigenvalue weighted by Crippen LogP contribution is 2.26. The minimum absolute atomic E-state index is 0.000200. The second-order valence-corrected chi connectivity index (χ2v) is 7.11. The van der Waals surface area contributed by atoms with Gasteiger partial charge in [0, 0.05) is 11.6 Å². The Bertz CT molecular complexity index is 1170. The van der Waals surface area contributed by atoms with Crippen LogP contribution in [0.15, 0.2) is 54.7 Å². The largest absolute Gasteiger partial charge is 0.377 e. The van der Waals surface area contributed by atoms with Crippen molar-refractivity contribution in [1.29, 1.82) is 0 Å². The smallest absolute Gasteiger partial charge is 0.261 e. The maximum Gasteiger partial charge on any atom is 0.261 e. The predicted molar refractivity (Wildman–Crippen MR) is 105 cm³/mol. The Kier molecular flexibility index (Phi) is 4.48. The molecule has 1 aromatic heterocycles. The van der Waals surface area contributed by atoms with E-state index >= 15 is 0 Å². The summed E-state index contributed by atoms with van der Waals surface area (Å²) in [5, 5.41) is 8.07. The summed E-state index contributed by atoms with van der Waals surface area (Å²) in [5.74, 6) is -1.06. The second-order valence-electron chi connectivity index (χ2n) is 7.11. The van der Waals surface area contributed by atoms with Crippen LogP contribution in [-0.4, -0.2) is 44.9 Å². The molecule has 0 fully saturated rings. The summed E-state index contributed by atoms with van der Waals surface area (Å²) in [7, 11) is 0. The molecule has 0 atom stereocenters. The fourth-order valence-corrected chi connectivity index (χ4v) is 3.72. The summed E-state index contributed by atoms with van der Waals surface area (Å²) in [6, 6.07) is 11.6. The maximum absolute atomic E-state index is 14.7. The molecule has 0 bridgehead atoms. The highest BCUT2D eigenvalue weighted by molar-refractivity contribution is 6.21. The highest BCUT2D eigenvalue weighted by Gasteiger charge is 2.35. The number of hydrogen-bond donors (Lipinski definition) is 0. The molecule has 0 spiro atoms. The van der Waals surface area contributed by atoms with E-state index < -0.39 is 0 Å². The van der Waals surface area contributed by atoms with Gasteiger partial charge in [-0.05, 0) is 36.3 Å².